The first-order chi connectivity index (χ1) is 9.06. The second-order valence-corrected chi connectivity index (χ2v) is 5.78. The van der Waals surface area contributed by atoms with Gasteiger partial charge in [-0.15, -0.1) is 23.1 Å². The van der Waals surface area contributed by atoms with Crippen LogP contribution in [0.3, 0.4) is 0 Å². The fourth-order valence-corrected chi connectivity index (χ4v) is 3.29. The van der Waals surface area contributed by atoms with Crippen LogP contribution in [0.15, 0.2) is 4.21 Å². The highest BCUT2D eigenvalue weighted by atomic mass is 32.2. The fourth-order valence-electron chi connectivity index (χ4n) is 1.45. The number of hydrogen-bond donors (Lipinski definition) is 2. The Morgan fingerprint density at radius 2 is 2.11 bits per heavy atom. The van der Waals surface area contributed by atoms with Gasteiger partial charge in [-0.3, -0.25) is 4.79 Å². The third kappa shape index (κ3) is 3.63. The van der Waals surface area contributed by atoms with Crippen molar-refractivity contribution in [1.82, 2.24) is 5.32 Å². The molecule has 0 unspecified atom stereocenters. The molecular weight excluding hydrogens is 284 g/mol. The van der Waals surface area contributed by atoms with Gasteiger partial charge in [-0.05, 0) is 19.6 Å². The van der Waals surface area contributed by atoms with Gasteiger partial charge < -0.3 is 15.8 Å². The zero-order valence-corrected chi connectivity index (χ0v) is 12.9. The van der Waals surface area contributed by atoms with E-state index in [2.05, 4.69) is 5.32 Å². The van der Waals surface area contributed by atoms with Gasteiger partial charge in [-0.1, -0.05) is 6.92 Å². The number of anilines is 1. The molecule has 5 nitrogen and oxygen atoms in total. The summed E-state index contributed by atoms with van der Waals surface area (Å²) in [6.07, 6.45) is 2.68. The first-order valence-corrected chi connectivity index (χ1v) is 8.02. The number of thiophene rings is 1. The van der Waals surface area contributed by atoms with Crippen LogP contribution in [0.25, 0.3) is 0 Å². The van der Waals surface area contributed by atoms with Crippen molar-refractivity contribution in [2.75, 3.05) is 25.1 Å². The van der Waals surface area contributed by atoms with Crippen molar-refractivity contribution in [2.24, 2.45) is 0 Å². The van der Waals surface area contributed by atoms with Crippen molar-refractivity contribution in [1.29, 1.82) is 0 Å². The summed E-state index contributed by atoms with van der Waals surface area (Å²) in [7, 11) is 0. The van der Waals surface area contributed by atoms with Gasteiger partial charge >= 0.3 is 5.97 Å². The zero-order chi connectivity index (χ0) is 14.4. The number of ether oxygens (including phenoxy) is 1. The van der Waals surface area contributed by atoms with E-state index in [9.17, 15) is 9.59 Å². The first kappa shape index (κ1) is 15.8. The van der Waals surface area contributed by atoms with Crippen molar-refractivity contribution < 1.29 is 14.3 Å². The number of hydrogen-bond acceptors (Lipinski definition) is 6. The molecule has 1 aromatic heterocycles. The summed E-state index contributed by atoms with van der Waals surface area (Å²) in [6, 6.07) is 0. The molecule has 1 heterocycles. The quantitative estimate of drug-likeness (QED) is 0.623. The molecule has 1 aromatic rings. The van der Waals surface area contributed by atoms with E-state index in [0.717, 1.165) is 6.42 Å². The minimum absolute atomic E-state index is 0.210. The van der Waals surface area contributed by atoms with Gasteiger partial charge in [0.25, 0.3) is 5.91 Å². The lowest BCUT2D eigenvalue weighted by atomic mass is 10.2. The standard InChI is InChI=1S/C12H18N2O3S2/c1-4-6-14-10(15)9-8(13)7(11(16)17-5-2)12(18-3)19-9/h4-6,13H2,1-3H3,(H,14,15). The summed E-state index contributed by atoms with van der Waals surface area (Å²) in [6.45, 7) is 4.56. The van der Waals surface area contributed by atoms with Gasteiger partial charge in [-0.25, -0.2) is 4.79 Å². The summed E-state index contributed by atoms with van der Waals surface area (Å²) in [5.74, 6) is -0.717. The predicted octanol–water partition coefficient (Wildman–Crippen LogP) is 2.37. The molecule has 19 heavy (non-hydrogen) atoms. The molecular formula is C12H18N2O3S2. The Kier molecular flexibility index (Phi) is 6.17. The van der Waals surface area contributed by atoms with Crippen molar-refractivity contribution >= 4 is 40.7 Å². The summed E-state index contributed by atoms with van der Waals surface area (Å²) in [5.41, 5.74) is 6.44. The van der Waals surface area contributed by atoms with E-state index in [1.54, 1.807) is 6.92 Å². The number of nitrogens with one attached hydrogen (secondary N) is 1. The number of rotatable bonds is 6. The Labute approximate surface area is 120 Å². The van der Waals surface area contributed by atoms with Gasteiger partial charge in [0.1, 0.15) is 10.4 Å². The topological polar surface area (TPSA) is 81.4 Å². The minimum Gasteiger partial charge on any atom is -0.462 e. The van der Waals surface area contributed by atoms with Crippen LogP contribution in [0.1, 0.15) is 40.3 Å². The van der Waals surface area contributed by atoms with Crippen LogP contribution in [0.5, 0.6) is 0 Å². The van der Waals surface area contributed by atoms with Crippen molar-refractivity contribution in [2.45, 2.75) is 24.5 Å². The molecule has 0 saturated carbocycles. The van der Waals surface area contributed by atoms with Crippen LogP contribution >= 0.6 is 23.1 Å². The number of amides is 1. The number of nitrogen functional groups attached to an aromatic ring is 1. The van der Waals surface area contributed by atoms with Crippen LogP contribution < -0.4 is 11.1 Å². The molecule has 0 saturated heterocycles. The molecule has 0 aliphatic heterocycles. The predicted molar refractivity (Wildman–Crippen MR) is 79.1 cm³/mol. The number of thioether (sulfide) groups is 1. The van der Waals surface area contributed by atoms with E-state index in [0.29, 0.717) is 21.2 Å². The fraction of sp³-hybridized carbons (Fsp3) is 0.500. The lowest BCUT2D eigenvalue weighted by Gasteiger charge is -2.04. The van der Waals surface area contributed by atoms with E-state index >= 15 is 0 Å². The SMILES string of the molecule is CCCNC(=O)c1sc(SC)c(C(=O)OCC)c1N. The lowest BCUT2D eigenvalue weighted by molar-refractivity contribution is 0.0524. The van der Waals surface area contributed by atoms with Crippen LogP contribution in [-0.2, 0) is 4.74 Å². The Hall–Kier alpha value is -1.21. The average Bonchev–Trinajstić information content (AvgIpc) is 2.73. The first-order valence-electron chi connectivity index (χ1n) is 5.98. The monoisotopic (exact) mass is 302 g/mol. The normalized spacial score (nSPS) is 10.3. The maximum absolute atomic E-state index is 11.9. The average molecular weight is 302 g/mol. The summed E-state index contributed by atoms with van der Waals surface area (Å²) >= 11 is 2.61. The van der Waals surface area contributed by atoms with Gasteiger partial charge in [0.15, 0.2) is 0 Å². The third-order valence-electron chi connectivity index (χ3n) is 2.32. The molecule has 0 spiro atoms. The molecule has 0 atom stereocenters. The number of nitrogens with two attached hydrogens (primary N) is 1. The van der Waals surface area contributed by atoms with Crippen LogP contribution in [-0.4, -0.2) is 31.3 Å². The molecule has 106 valence electrons. The van der Waals surface area contributed by atoms with Crippen LogP contribution in [0.2, 0.25) is 0 Å². The van der Waals surface area contributed by atoms with E-state index in [4.69, 9.17) is 10.5 Å². The van der Waals surface area contributed by atoms with E-state index in [1.807, 2.05) is 13.2 Å². The summed E-state index contributed by atoms with van der Waals surface area (Å²) in [4.78, 5) is 24.2. The molecule has 0 aliphatic rings. The zero-order valence-electron chi connectivity index (χ0n) is 11.2. The van der Waals surface area contributed by atoms with Gasteiger partial charge in [0.05, 0.1) is 16.5 Å². The Morgan fingerprint density at radius 3 is 2.63 bits per heavy atom. The van der Waals surface area contributed by atoms with Crippen molar-refractivity contribution in [3.05, 3.63) is 10.4 Å². The van der Waals surface area contributed by atoms with Gasteiger partial charge in [0.2, 0.25) is 0 Å². The maximum Gasteiger partial charge on any atom is 0.342 e. The molecule has 0 aromatic carbocycles. The minimum atomic E-state index is -0.477. The molecule has 0 aliphatic carbocycles. The van der Waals surface area contributed by atoms with Crippen LogP contribution in [0, 0.1) is 0 Å². The highest BCUT2D eigenvalue weighted by molar-refractivity contribution is 8.00. The van der Waals surface area contributed by atoms with E-state index < -0.39 is 5.97 Å². The molecule has 7 heteroatoms. The summed E-state index contributed by atoms with van der Waals surface area (Å²) in [5, 5.41) is 2.76. The molecule has 1 amide bonds. The Balaban J connectivity index is 3.09. The molecule has 0 fully saturated rings. The lowest BCUT2D eigenvalue weighted by Crippen LogP contribution is -2.24. The Morgan fingerprint density at radius 1 is 1.42 bits per heavy atom. The highest BCUT2D eigenvalue weighted by Gasteiger charge is 2.25. The second kappa shape index (κ2) is 7.40. The van der Waals surface area contributed by atoms with Crippen LogP contribution in [0.4, 0.5) is 5.69 Å². The molecule has 0 radical (unpaired) electrons. The second-order valence-electron chi connectivity index (χ2n) is 3.69. The third-order valence-corrected chi connectivity index (χ3v) is 4.64. The van der Waals surface area contributed by atoms with Gasteiger partial charge in [-0.2, -0.15) is 0 Å². The van der Waals surface area contributed by atoms with Gasteiger partial charge in [0, 0.05) is 6.54 Å². The number of esters is 1. The maximum atomic E-state index is 11.9. The molecule has 3 N–H and O–H groups in total. The molecule has 1 rings (SSSR count). The summed E-state index contributed by atoms with van der Waals surface area (Å²) < 4.78 is 5.67. The number of carbonyl (C=O) groups excluding carboxylic acids is 2. The van der Waals surface area contributed by atoms with Crippen molar-refractivity contribution in [3.8, 4) is 0 Å². The van der Waals surface area contributed by atoms with Crippen molar-refractivity contribution in [3.63, 3.8) is 0 Å². The van der Waals surface area contributed by atoms with E-state index in [-0.39, 0.29) is 18.2 Å². The molecule has 0 bridgehead atoms. The number of carbonyl (C=O) groups is 2. The smallest absolute Gasteiger partial charge is 0.342 e. The Bertz CT molecular complexity index is 472. The van der Waals surface area contributed by atoms with E-state index in [1.165, 1.54) is 23.1 Å². The largest absolute Gasteiger partial charge is 0.462 e. The highest BCUT2D eigenvalue weighted by Crippen LogP contribution is 2.37.